The van der Waals surface area contributed by atoms with Gasteiger partial charge in [-0.3, -0.25) is 4.79 Å². The van der Waals surface area contributed by atoms with Crippen LogP contribution in [-0.4, -0.2) is 35.3 Å². The predicted octanol–water partition coefficient (Wildman–Crippen LogP) is 4.48. The largest absolute Gasteiger partial charge is 0.333 e. The summed E-state index contributed by atoms with van der Waals surface area (Å²) in [5, 5.41) is 0.0597. The van der Waals surface area contributed by atoms with Crippen molar-refractivity contribution < 1.29 is 13.2 Å². The number of aryl methyl sites for hydroxylation is 1. The van der Waals surface area contributed by atoms with Gasteiger partial charge in [-0.05, 0) is 37.0 Å². The van der Waals surface area contributed by atoms with E-state index in [-0.39, 0.29) is 22.7 Å². The highest BCUT2D eigenvalue weighted by molar-refractivity contribution is 7.90. The average molecular weight is 454 g/mol. The van der Waals surface area contributed by atoms with Crippen molar-refractivity contribution >= 4 is 15.7 Å². The minimum absolute atomic E-state index is 0.0597. The Morgan fingerprint density at radius 3 is 2.34 bits per heavy atom. The van der Waals surface area contributed by atoms with Gasteiger partial charge in [-0.15, -0.1) is 0 Å². The van der Waals surface area contributed by atoms with Crippen molar-refractivity contribution in [2.75, 3.05) is 6.54 Å². The fourth-order valence-electron chi connectivity index (χ4n) is 3.69. The van der Waals surface area contributed by atoms with Gasteiger partial charge in [-0.1, -0.05) is 62.4 Å². The highest BCUT2D eigenvalue weighted by Crippen LogP contribution is 2.21. The van der Waals surface area contributed by atoms with E-state index >= 15 is 0 Å². The third-order valence-corrected chi connectivity index (χ3v) is 6.92. The first-order chi connectivity index (χ1) is 15.2. The first-order valence-electron chi connectivity index (χ1n) is 10.9. The van der Waals surface area contributed by atoms with E-state index in [2.05, 4.69) is 4.98 Å². The van der Waals surface area contributed by atoms with E-state index in [1.165, 1.54) is 0 Å². The van der Waals surface area contributed by atoms with Gasteiger partial charge in [0.05, 0.1) is 24.2 Å². The van der Waals surface area contributed by atoms with Crippen LogP contribution in [0.3, 0.4) is 0 Å². The van der Waals surface area contributed by atoms with E-state index in [1.54, 1.807) is 27.8 Å². The molecule has 0 bridgehead atoms. The highest BCUT2D eigenvalue weighted by atomic mass is 32.2. The second kappa shape index (κ2) is 10.1. The lowest BCUT2D eigenvalue weighted by atomic mass is 10.1. The van der Waals surface area contributed by atoms with Crippen LogP contribution in [0.15, 0.2) is 66.0 Å². The fourth-order valence-corrected chi connectivity index (χ4v) is 5.19. The van der Waals surface area contributed by atoms with E-state index in [4.69, 9.17) is 0 Å². The normalized spacial score (nSPS) is 11.7. The first kappa shape index (κ1) is 23.7. The molecule has 0 aliphatic carbocycles. The van der Waals surface area contributed by atoms with E-state index in [1.807, 2.05) is 70.2 Å². The Balaban J connectivity index is 1.94. The van der Waals surface area contributed by atoms with Crippen LogP contribution in [0.5, 0.6) is 0 Å². The van der Waals surface area contributed by atoms with E-state index in [0.717, 1.165) is 11.1 Å². The van der Waals surface area contributed by atoms with Crippen LogP contribution in [0, 0.1) is 12.8 Å². The Labute approximate surface area is 190 Å². The predicted molar refractivity (Wildman–Crippen MR) is 126 cm³/mol. The molecule has 0 saturated heterocycles. The summed E-state index contributed by atoms with van der Waals surface area (Å²) in [5.74, 6) is 0.0366. The zero-order valence-corrected chi connectivity index (χ0v) is 20.0. The first-order valence-corrected chi connectivity index (χ1v) is 12.5. The van der Waals surface area contributed by atoms with Crippen LogP contribution in [0.25, 0.3) is 0 Å². The minimum Gasteiger partial charge on any atom is -0.333 e. The number of sulfone groups is 1. The molecule has 3 rings (SSSR count). The molecule has 32 heavy (non-hydrogen) atoms. The molecule has 6 nitrogen and oxygen atoms in total. The summed E-state index contributed by atoms with van der Waals surface area (Å²) in [6.07, 6.45) is 1.59. The summed E-state index contributed by atoms with van der Waals surface area (Å²) >= 11 is 0. The lowest BCUT2D eigenvalue weighted by Crippen LogP contribution is -2.32. The second-order valence-corrected chi connectivity index (χ2v) is 10.3. The Hall–Kier alpha value is -2.93. The zero-order valence-electron chi connectivity index (χ0n) is 19.2. The van der Waals surface area contributed by atoms with Gasteiger partial charge in [0.25, 0.3) is 5.91 Å². The highest BCUT2D eigenvalue weighted by Gasteiger charge is 2.26. The number of benzene rings is 2. The number of hydrogen-bond acceptors (Lipinski definition) is 4. The molecule has 0 atom stereocenters. The molecule has 0 aliphatic heterocycles. The third-order valence-electron chi connectivity index (χ3n) is 5.32. The number of carbonyl (C=O) groups excluding carboxylic acids is 1. The number of amides is 1. The van der Waals surface area contributed by atoms with E-state index in [9.17, 15) is 13.2 Å². The molecule has 170 valence electrons. The van der Waals surface area contributed by atoms with Crippen molar-refractivity contribution in [3.63, 3.8) is 0 Å². The van der Waals surface area contributed by atoms with Crippen LogP contribution in [0.2, 0.25) is 0 Å². The SMILES string of the molecule is CCN(Cc1cnc(S(=O)(=O)Cc2ccccc2)n1CC(C)C)C(=O)c1ccccc1C. The van der Waals surface area contributed by atoms with Gasteiger partial charge in [0.15, 0.2) is 0 Å². The molecule has 2 aromatic carbocycles. The van der Waals surface area contributed by atoms with E-state index in [0.29, 0.717) is 30.9 Å². The topological polar surface area (TPSA) is 72.3 Å². The van der Waals surface area contributed by atoms with Gasteiger partial charge in [-0.2, -0.15) is 0 Å². The lowest BCUT2D eigenvalue weighted by molar-refractivity contribution is 0.0747. The fraction of sp³-hybridized carbons (Fsp3) is 0.360. The Bertz CT molecular complexity index is 1170. The summed E-state index contributed by atoms with van der Waals surface area (Å²) in [7, 11) is -3.64. The van der Waals surface area contributed by atoms with Crippen molar-refractivity contribution in [3.05, 3.63) is 83.2 Å². The smallest absolute Gasteiger partial charge is 0.254 e. The summed E-state index contributed by atoms with van der Waals surface area (Å²) in [5.41, 5.74) is 3.01. The molecule has 1 aromatic heterocycles. The molecule has 0 saturated carbocycles. The molecular weight excluding hydrogens is 422 g/mol. The van der Waals surface area contributed by atoms with Crippen LogP contribution in [0.4, 0.5) is 0 Å². The van der Waals surface area contributed by atoms with Crippen LogP contribution < -0.4 is 0 Å². The molecule has 1 amide bonds. The van der Waals surface area contributed by atoms with Crippen LogP contribution in [-0.2, 0) is 28.7 Å². The van der Waals surface area contributed by atoms with E-state index < -0.39 is 9.84 Å². The number of rotatable bonds is 9. The van der Waals surface area contributed by atoms with Gasteiger partial charge in [-0.25, -0.2) is 13.4 Å². The van der Waals surface area contributed by atoms with Crippen molar-refractivity contribution in [3.8, 4) is 0 Å². The Kier molecular flexibility index (Phi) is 7.51. The molecule has 0 N–H and O–H groups in total. The monoisotopic (exact) mass is 453 g/mol. The molecule has 1 heterocycles. The molecule has 0 spiro atoms. The van der Waals surface area contributed by atoms with Crippen molar-refractivity contribution in [2.45, 2.75) is 51.7 Å². The molecule has 0 unspecified atom stereocenters. The maximum atomic E-state index is 13.2. The molecule has 3 aromatic rings. The standard InChI is InChI=1S/C25H31N3O3S/c1-5-27(24(29)23-14-10-9-11-20(23)4)17-22-15-26-25(28(22)16-19(2)3)32(30,31)18-21-12-7-6-8-13-21/h6-15,19H,5,16-18H2,1-4H3. The number of imidazole rings is 1. The minimum atomic E-state index is -3.64. The van der Waals surface area contributed by atoms with Gasteiger partial charge in [0.2, 0.25) is 15.0 Å². The van der Waals surface area contributed by atoms with Crippen LogP contribution in [0.1, 0.15) is 48.0 Å². The number of carbonyl (C=O) groups is 1. The maximum Gasteiger partial charge on any atom is 0.254 e. The molecule has 0 radical (unpaired) electrons. The summed E-state index contributed by atoms with van der Waals surface area (Å²) < 4.78 is 28.2. The van der Waals surface area contributed by atoms with Gasteiger partial charge >= 0.3 is 0 Å². The van der Waals surface area contributed by atoms with Crippen molar-refractivity contribution in [1.29, 1.82) is 0 Å². The third kappa shape index (κ3) is 5.46. The quantitative estimate of drug-likeness (QED) is 0.479. The number of aromatic nitrogens is 2. The average Bonchev–Trinajstić information content (AvgIpc) is 3.14. The summed E-state index contributed by atoms with van der Waals surface area (Å²) in [6.45, 7) is 9.22. The number of nitrogens with zero attached hydrogens (tertiary/aromatic N) is 3. The maximum absolute atomic E-state index is 13.2. The van der Waals surface area contributed by atoms with Gasteiger partial charge < -0.3 is 9.47 Å². The molecule has 0 fully saturated rings. The van der Waals surface area contributed by atoms with Gasteiger partial charge in [0.1, 0.15) is 0 Å². The number of hydrogen-bond donors (Lipinski definition) is 0. The summed E-state index contributed by atoms with van der Waals surface area (Å²) in [6, 6.07) is 16.6. The van der Waals surface area contributed by atoms with Crippen LogP contribution >= 0.6 is 0 Å². The van der Waals surface area contributed by atoms with Crippen molar-refractivity contribution in [1.82, 2.24) is 14.5 Å². The molecule has 7 heteroatoms. The zero-order chi connectivity index (χ0) is 23.3. The molecular formula is C25H31N3O3S. The second-order valence-electron chi connectivity index (χ2n) is 8.42. The summed E-state index contributed by atoms with van der Waals surface area (Å²) in [4.78, 5) is 19.2. The lowest BCUT2D eigenvalue weighted by Gasteiger charge is -2.23. The van der Waals surface area contributed by atoms with Gasteiger partial charge in [0, 0.05) is 18.7 Å². The molecule has 0 aliphatic rings. The van der Waals surface area contributed by atoms with Crippen molar-refractivity contribution in [2.24, 2.45) is 5.92 Å². The Morgan fingerprint density at radius 1 is 1.06 bits per heavy atom. The Morgan fingerprint density at radius 2 is 1.72 bits per heavy atom.